The van der Waals surface area contributed by atoms with E-state index in [0.29, 0.717) is 30.1 Å². The van der Waals surface area contributed by atoms with E-state index in [0.717, 1.165) is 43.5 Å². The first-order valence-corrected chi connectivity index (χ1v) is 14.4. The zero-order valence-electron chi connectivity index (χ0n) is 24.0. The molecule has 0 N–H and O–H groups in total. The van der Waals surface area contributed by atoms with Gasteiger partial charge in [0, 0.05) is 6.54 Å². The maximum absolute atomic E-state index is 14.2. The minimum atomic E-state index is -4.69. The molecular formula is C30H36F3NO8. The normalized spacial score (nSPS) is 31.3. The highest BCUT2D eigenvalue weighted by Crippen LogP contribution is 2.56. The number of carbonyl (C=O) groups is 2. The molecule has 1 spiro atoms. The molecule has 12 heteroatoms. The molecule has 1 aromatic carbocycles. The second kappa shape index (κ2) is 10.3. The van der Waals surface area contributed by atoms with Gasteiger partial charge in [-0.25, -0.2) is 4.79 Å². The first kappa shape index (κ1) is 29.1. The number of halogens is 3. The van der Waals surface area contributed by atoms with Gasteiger partial charge in [0.15, 0.2) is 29.8 Å². The van der Waals surface area contributed by atoms with E-state index in [1.807, 2.05) is 12.1 Å². The van der Waals surface area contributed by atoms with Crippen LogP contribution in [0.2, 0.25) is 0 Å². The number of alkyl halides is 3. The van der Waals surface area contributed by atoms with Crippen molar-refractivity contribution in [1.29, 1.82) is 0 Å². The second-order valence-electron chi connectivity index (χ2n) is 12.5. The Labute approximate surface area is 242 Å². The Bertz CT molecular complexity index is 1300. The molecule has 4 heterocycles. The molecule has 5 aliphatic rings. The lowest BCUT2D eigenvalue weighted by Crippen LogP contribution is -2.54. The van der Waals surface area contributed by atoms with Crippen LogP contribution < -0.4 is 9.47 Å². The van der Waals surface area contributed by atoms with Crippen LogP contribution in [0, 0.1) is 0 Å². The van der Waals surface area contributed by atoms with Gasteiger partial charge in [0.25, 0.3) is 0 Å². The van der Waals surface area contributed by atoms with Crippen LogP contribution in [0.5, 0.6) is 11.5 Å². The fraction of sp³-hybridized carbons (Fsp3) is 0.667. The van der Waals surface area contributed by atoms with Crippen molar-refractivity contribution in [3.63, 3.8) is 0 Å². The average molecular weight is 596 g/mol. The topological polar surface area (TPSA) is 92.8 Å². The van der Waals surface area contributed by atoms with E-state index in [1.165, 1.54) is 7.11 Å². The van der Waals surface area contributed by atoms with Gasteiger partial charge in [0.05, 0.1) is 30.6 Å². The number of nitrogens with zero attached hydrogens (tertiary/aromatic N) is 1. The first-order valence-electron chi connectivity index (χ1n) is 14.4. The number of hydrogen-bond acceptors (Lipinski definition) is 9. The quantitative estimate of drug-likeness (QED) is 0.439. The number of hydrogen-bond donors (Lipinski definition) is 0. The third-order valence-corrected chi connectivity index (χ3v) is 9.23. The van der Waals surface area contributed by atoms with E-state index in [1.54, 1.807) is 13.8 Å². The van der Waals surface area contributed by atoms with Crippen molar-refractivity contribution < 1.29 is 51.2 Å². The standard InChI is InChI=1S/C30H36F3NO8/c1-27(2)7-4-9-29(42-27,15-23(35)38-16-30(31,32)33)26(36)41-25-22(37-3)14-28-8-5-10-34(28)11-6-18-12-20-21(40-17-39-20)13-19(18)24(25)28/h12-14,24-25H,4-11,15-17H2,1-3H3/t24-,25?,28?,29?/m1/s1. The third kappa shape index (κ3) is 5.10. The monoisotopic (exact) mass is 595 g/mol. The van der Waals surface area contributed by atoms with Crippen LogP contribution in [0.1, 0.15) is 69.4 Å². The Kier molecular flexibility index (Phi) is 7.15. The predicted molar refractivity (Wildman–Crippen MR) is 141 cm³/mol. The summed E-state index contributed by atoms with van der Waals surface area (Å²) in [5.74, 6) is -0.576. The third-order valence-electron chi connectivity index (χ3n) is 9.23. The van der Waals surface area contributed by atoms with Crippen molar-refractivity contribution in [2.75, 3.05) is 33.6 Å². The van der Waals surface area contributed by atoms with E-state index >= 15 is 0 Å². The summed E-state index contributed by atoms with van der Waals surface area (Å²) in [6.07, 6.45) is -0.424. The lowest BCUT2D eigenvalue weighted by molar-refractivity contribution is -0.220. The van der Waals surface area contributed by atoms with Crippen LogP contribution in [0.3, 0.4) is 0 Å². The Morgan fingerprint density at radius 3 is 2.55 bits per heavy atom. The zero-order valence-corrected chi connectivity index (χ0v) is 24.0. The highest BCUT2D eigenvalue weighted by Gasteiger charge is 2.60. The van der Waals surface area contributed by atoms with E-state index in [-0.39, 0.29) is 19.1 Å². The van der Waals surface area contributed by atoms with Crippen LogP contribution in [0.4, 0.5) is 13.2 Å². The Balaban J connectivity index is 1.36. The van der Waals surface area contributed by atoms with Crippen LogP contribution in [-0.2, 0) is 35.0 Å². The summed E-state index contributed by atoms with van der Waals surface area (Å²) in [4.78, 5) is 29.2. The van der Waals surface area contributed by atoms with Crippen LogP contribution in [0.25, 0.3) is 0 Å². The summed E-state index contributed by atoms with van der Waals surface area (Å²) in [7, 11) is 1.53. The molecule has 0 aromatic heterocycles. The number of carbonyl (C=O) groups excluding carboxylic acids is 2. The van der Waals surface area contributed by atoms with Gasteiger partial charge < -0.3 is 28.4 Å². The van der Waals surface area contributed by atoms with Crippen LogP contribution in [-0.4, -0.2) is 79.5 Å². The molecular weight excluding hydrogens is 559 g/mol. The van der Waals surface area contributed by atoms with Gasteiger partial charge in [0.2, 0.25) is 6.79 Å². The van der Waals surface area contributed by atoms with Gasteiger partial charge in [-0.3, -0.25) is 9.69 Å². The SMILES string of the molecule is COC1=CC23CCCN2CCc2cc4c(cc2[C@@H]3C1OC(=O)C1(CC(=O)OCC(F)(F)F)CCCC(C)(C)O1)OCO4. The largest absolute Gasteiger partial charge is 0.497 e. The summed E-state index contributed by atoms with van der Waals surface area (Å²) in [5.41, 5.74) is -1.07. The minimum absolute atomic E-state index is 0.104. The van der Waals surface area contributed by atoms with Gasteiger partial charge in [-0.2, -0.15) is 13.2 Å². The molecule has 4 aliphatic heterocycles. The molecule has 1 aromatic rings. The summed E-state index contributed by atoms with van der Waals surface area (Å²) < 4.78 is 72.6. The molecule has 42 heavy (non-hydrogen) atoms. The number of fused-ring (bicyclic) bond motifs is 3. The molecule has 0 saturated carbocycles. The van der Waals surface area contributed by atoms with Gasteiger partial charge >= 0.3 is 18.1 Å². The minimum Gasteiger partial charge on any atom is -0.497 e. The first-order chi connectivity index (χ1) is 19.8. The number of benzene rings is 1. The molecule has 230 valence electrons. The highest BCUT2D eigenvalue weighted by molar-refractivity contribution is 5.86. The molecule has 3 unspecified atom stereocenters. The number of methoxy groups -OCH3 is 1. The van der Waals surface area contributed by atoms with Crippen molar-refractivity contribution in [3.8, 4) is 11.5 Å². The number of ether oxygens (including phenoxy) is 6. The Morgan fingerprint density at radius 1 is 1.07 bits per heavy atom. The molecule has 0 bridgehead atoms. The maximum Gasteiger partial charge on any atom is 0.422 e. The summed E-state index contributed by atoms with van der Waals surface area (Å²) in [6, 6.07) is 3.95. The number of esters is 2. The molecule has 2 saturated heterocycles. The molecule has 9 nitrogen and oxygen atoms in total. The van der Waals surface area contributed by atoms with Crippen molar-refractivity contribution in [1.82, 2.24) is 4.90 Å². The summed E-state index contributed by atoms with van der Waals surface area (Å²) >= 11 is 0. The maximum atomic E-state index is 14.2. The van der Waals surface area contributed by atoms with Crippen molar-refractivity contribution in [3.05, 3.63) is 35.1 Å². The van der Waals surface area contributed by atoms with Gasteiger partial charge in [-0.1, -0.05) is 0 Å². The predicted octanol–water partition coefficient (Wildman–Crippen LogP) is 4.56. The van der Waals surface area contributed by atoms with Crippen molar-refractivity contribution in [2.24, 2.45) is 0 Å². The molecule has 1 aliphatic carbocycles. The van der Waals surface area contributed by atoms with Gasteiger partial charge in [-0.15, -0.1) is 0 Å². The lowest BCUT2D eigenvalue weighted by Gasteiger charge is -2.44. The average Bonchev–Trinajstić information content (AvgIpc) is 3.60. The van der Waals surface area contributed by atoms with Gasteiger partial charge in [0.1, 0.15) is 5.76 Å². The second-order valence-corrected chi connectivity index (χ2v) is 12.5. The molecule has 6 rings (SSSR count). The Morgan fingerprint density at radius 2 is 1.83 bits per heavy atom. The van der Waals surface area contributed by atoms with Crippen LogP contribution in [0.15, 0.2) is 24.0 Å². The van der Waals surface area contributed by atoms with E-state index in [2.05, 4.69) is 15.7 Å². The Hall–Kier alpha value is -2.99. The van der Waals surface area contributed by atoms with Crippen molar-refractivity contribution >= 4 is 11.9 Å². The fourth-order valence-corrected chi connectivity index (χ4v) is 7.53. The van der Waals surface area contributed by atoms with E-state index in [9.17, 15) is 22.8 Å². The molecule has 0 radical (unpaired) electrons. The van der Waals surface area contributed by atoms with Crippen LogP contribution >= 0.6 is 0 Å². The molecule has 0 amide bonds. The molecule has 2 fully saturated rings. The van der Waals surface area contributed by atoms with Gasteiger partial charge in [-0.05, 0) is 88.3 Å². The number of rotatable bonds is 6. The van der Waals surface area contributed by atoms with Crippen molar-refractivity contribution in [2.45, 2.75) is 93.7 Å². The van der Waals surface area contributed by atoms with E-state index < -0.39 is 54.0 Å². The van der Waals surface area contributed by atoms with E-state index in [4.69, 9.17) is 23.7 Å². The smallest absolute Gasteiger partial charge is 0.422 e. The fourth-order valence-electron chi connectivity index (χ4n) is 7.53. The zero-order chi connectivity index (χ0) is 29.9. The lowest BCUT2D eigenvalue weighted by atomic mass is 9.77. The molecule has 4 atom stereocenters. The highest BCUT2D eigenvalue weighted by atomic mass is 19.4. The summed E-state index contributed by atoms with van der Waals surface area (Å²) in [6.45, 7) is 3.61. The summed E-state index contributed by atoms with van der Waals surface area (Å²) in [5, 5.41) is 0.